The van der Waals surface area contributed by atoms with Crippen LogP contribution in [0.25, 0.3) is 0 Å². The maximum atomic E-state index is 4.95. The van der Waals surface area contributed by atoms with Gasteiger partial charge in [-0.2, -0.15) is 0 Å². The third-order valence-electron chi connectivity index (χ3n) is 2.11. The molecule has 0 radical (unpaired) electrons. The molecule has 0 spiro atoms. The molecule has 0 aliphatic carbocycles. The van der Waals surface area contributed by atoms with Crippen LogP contribution >= 0.6 is 11.8 Å². The van der Waals surface area contributed by atoms with Crippen molar-refractivity contribution >= 4 is 11.8 Å². The van der Waals surface area contributed by atoms with E-state index < -0.39 is 0 Å². The summed E-state index contributed by atoms with van der Waals surface area (Å²) in [7, 11) is 1.69. The molecule has 1 heterocycles. The lowest BCUT2D eigenvalue weighted by Gasteiger charge is -2.07. The maximum Gasteiger partial charge on any atom is 0.209 e. The van der Waals surface area contributed by atoms with Crippen molar-refractivity contribution in [3.63, 3.8) is 0 Å². The van der Waals surface area contributed by atoms with Gasteiger partial charge in [-0.1, -0.05) is 17.8 Å². The predicted octanol–water partition coefficient (Wildman–Crippen LogP) is 0.576. The summed E-state index contributed by atoms with van der Waals surface area (Å²) in [6, 6.07) is 0. The minimum Gasteiger partial charge on any atom is -0.383 e. The van der Waals surface area contributed by atoms with Crippen molar-refractivity contribution in [3.05, 3.63) is 12.7 Å². The fourth-order valence-corrected chi connectivity index (χ4v) is 1.88. The number of tetrazole rings is 1. The van der Waals surface area contributed by atoms with Crippen LogP contribution in [0.5, 0.6) is 0 Å². The van der Waals surface area contributed by atoms with Gasteiger partial charge in [0, 0.05) is 25.4 Å². The minimum atomic E-state index is 0.307. The Bertz CT molecular complexity index is 330. The van der Waals surface area contributed by atoms with Gasteiger partial charge in [-0.05, 0) is 17.4 Å². The van der Waals surface area contributed by atoms with E-state index in [1.807, 2.05) is 6.08 Å². The summed E-state index contributed by atoms with van der Waals surface area (Å²) >= 11 is 1.60. The first-order valence-corrected chi connectivity index (χ1v) is 6.41. The Morgan fingerprint density at radius 3 is 3.12 bits per heavy atom. The van der Waals surface area contributed by atoms with Crippen molar-refractivity contribution < 1.29 is 4.74 Å². The molecule has 0 saturated heterocycles. The van der Waals surface area contributed by atoms with Crippen LogP contribution in [0.4, 0.5) is 0 Å². The number of nitrogens with one attached hydrogen (secondary N) is 1. The molecule has 0 aromatic carbocycles. The lowest BCUT2D eigenvalue weighted by atomic mass is 10.5. The highest BCUT2D eigenvalue weighted by molar-refractivity contribution is 7.99. The number of aromatic nitrogens is 4. The van der Waals surface area contributed by atoms with E-state index in [9.17, 15) is 0 Å². The van der Waals surface area contributed by atoms with E-state index in [1.54, 1.807) is 23.6 Å². The van der Waals surface area contributed by atoms with Gasteiger partial charge in [-0.3, -0.25) is 0 Å². The smallest absolute Gasteiger partial charge is 0.209 e. The molecule has 1 unspecified atom stereocenters. The number of hydrogen-bond acceptors (Lipinski definition) is 6. The SMILES string of the molecule is C=CC(C)Sc1nnnn1CCNCCOC. The third kappa shape index (κ3) is 5.29. The second kappa shape index (κ2) is 8.21. The molecular formula is C10H19N5OS. The van der Waals surface area contributed by atoms with Crippen molar-refractivity contribution in [2.24, 2.45) is 0 Å². The zero-order valence-electron chi connectivity index (χ0n) is 10.3. The first-order valence-electron chi connectivity index (χ1n) is 5.53. The standard InChI is InChI=1S/C10H19N5OS/c1-4-9(2)17-10-12-13-14-15(10)7-5-11-6-8-16-3/h4,9,11H,1,5-8H2,2-3H3. The molecule has 0 amide bonds. The minimum absolute atomic E-state index is 0.307. The van der Waals surface area contributed by atoms with Gasteiger partial charge in [0.05, 0.1) is 13.2 Å². The monoisotopic (exact) mass is 257 g/mol. The molecule has 0 fully saturated rings. The Kier molecular flexibility index (Phi) is 6.83. The normalized spacial score (nSPS) is 12.6. The van der Waals surface area contributed by atoms with Gasteiger partial charge in [0.25, 0.3) is 0 Å². The van der Waals surface area contributed by atoms with Gasteiger partial charge in [-0.25, -0.2) is 4.68 Å². The molecule has 0 aliphatic heterocycles. The molecule has 17 heavy (non-hydrogen) atoms. The average molecular weight is 257 g/mol. The van der Waals surface area contributed by atoms with Crippen LogP contribution in [0.15, 0.2) is 17.8 Å². The Hall–Kier alpha value is -0.920. The molecule has 0 aliphatic rings. The molecule has 96 valence electrons. The fraction of sp³-hybridized carbons (Fsp3) is 0.700. The summed E-state index contributed by atoms with van der Waals surface area (Å²) in [6.07, 6.45) is 1.88. The Balaban J connectivity index is 2.32. The fourth-order valence-electron chi connectivity index (χ4n) is 1.12. The lowest BCUT2D eigenvalue weighted by Crippen LogP contribution is -2.24. The number of hydrogen-bond donors (Lipinski definition) is 1. The highest BCUT2D eigenvalue weighted by atomic mass is 32.2. The van der Waals surface area contributed by atoms with Crippen molar-refractivity contribution in [1.82, 2.24) is 25.5 Å². The number of rotatable bonds is 9. The van der Waals surface area contributed by atoms with Crippen LogP contribution in [-0.2, 0) is 11.3 Å². The lowest BCUT2D eigenvalue weighted by molar-refractivity contribution is 0.199. The highest BCUT2D eigenvalue weighted by Gasteiger charge is 2.08. The number of methoxy groups -OCH3 is 1. The Labute approximate surface area is 106 Å². The topological polar surface area (TPSA) is 64.9 Å². The van der Waals surface area contributed by atoms with Crippen molar-refractivity contribution in [2.45, 2.75) is 23.9 Å². The maximum absolute atomic E-state index is 4.95. The van der Waals surface area contributed by atoms with Gasteiger partial charge < -0.3 is 10.1 Å². The molecule has 7 heteroatoms. The summed E-state index contributed by atoms with van der Waals surface area (Å²) in [5.74, 6) is 0. The predicted molar refractivity (Wildman–Crippen MR) is 68.1 cm³/mol. The van der Waals surface area contributed by atoms with Crippen molar-refractivity contribution in [1.29, 1.82) is 0 Å². The van der Waals surface area contributed by atoms with E-state index in [4.69, 9.17) is 4.74 Å². The zero-order valence-corrected chi connectivity index (χ0v) is 11.1. The van der Waals surface area contributed by atoms with E-state index in [2.05, 4.69) is 34.3 Å². The van der Waals surface area contributed by atoms with E-state index in [0.29, 0.717) is 11.9 Å². The highest BCUT2D eigenvalue weighted by Crippen LogP contribution is 2.19. The largest absolute Gasteiger partial charge is 0.383 e. The average Bonchev–Trinajstić information content (AvgIpc) is 2.76. The summed E-state index contributed by atoms with van der Waals surface area (Å²) in [6.45, 7) is 8.93. The third-order valence-corrected chi connectivity index (χ3v) is 3.17. The molecule has 6 nitrogen and oxygen atoms in total. The Morgan fingerprint density at radius 1 is 1.59 bits per heavy atom. The molecule has 1 aromatic rings. The number of ether oxygens (including phenoxy) is 1. The Morgan fingerprint density at radius 2 is 2.41 bits per heavy atom. The van der Waals surface area contributed by atoms with Crippen LogP contribution in [0.1, 0.15) is 6.92 Å². The molecule has 0 bridgehead atoms. The zero-order chi connectivity index (χ0) is 12.5. The number of nitrogens with zero attached hydrogens (tertiary/aromatic N) is 4. The summed E-state index contributed by atoms with van der Waals surface area (Å²) in [5.41, 5.74) is 0. The van der Waals surface area contributed by atoms with E-state index in [-0.39, 0.29) is 0 Å². The van der Waals surface area contributed by atoms with E-state index in [1.165, 1.54) is 0 Å². The van der Waals surface area contributed by atoms with Crippen molar-refractivity contribution in [3.8, 4) is 0 Å². The summed E-state index contributed by atoms with van der Waals surface area (Å²) in [4.78, 5) is 0. The molecule has 0 saturated carbocycles. The van der Waals surface area contributed by atoms with Gasteiger partial charge in [0.15, 0.2) is 0 Å². The first-order chi connectivity index (χ1) is 8.27. The molecule has 1 N–H and O–H groups in total. The summed E-state index contributed by atoms with van der Waals surface area (Å²) in [5, 5.41) is 16.0. The van der Waals surface area contributed by atoms with E-state index in [0.717, 1.165) is 24.8 Å². The van der Waals surface area contributed by atoms with Gasteiger partial charge in [-0.15, -0.1) is 11.7 Å². The van der Waals surface area contributed by atoms with Gasteiger partial charge >= 0.3 is 0 Å². The summed E-state index contributed by atoms with van der Waals surface area (Å²) < 4.78 is 6.74. The first kappa shape index (κ1) is 14.1. The van der Waals surface area contributed by atoms with E-state index >= 15 is 0 Å². The van der Waals surface area contributed by atoms with Crippen LogP contribution in [0.3, 0.4) is 0 Å². The van der Waals surface area contributed by atoms with Crippen LogP contribution in [0.2, 0.25) is 0 Å². The second-order valence-corrected chi connectivity index (χ2v) is 4.83. The quantitative estimate of drug-likeness (QED) is 0.396. The van der Waals surface area contributed by atoms with Crippen molar-refractivity contribution in [2.75, 3.05) is 26.8 Å². The second-order valence-electron chi connectivity index (χ2n) is 3.49. The molecule has 1 rings (SSSR count). The van der Waals surface area contributed by atoms with Crippen LogP contribution in [-0.4, -0.2) is 52.3 Å². The molecule has 1 aromatic heterocycles. The van der Waals surface area contributed by atoms with Gasteiger partial charge in [0.1, 0.15) is 0 Å². The van der Waals surface area contributed by atoms with Gasteiger partial charge in [0.2, 0.25) is 5.16 Å². The van der Waals surface area contributed by atoms with Crippen LogP contribution < -0.4 is 5.32 Å². The van der Waals surface area contributed by atoms with Crippen LogP contribution in [0, 0.1) is 0 Å². The number of thioether (sulfide) groups is 1. The molecule has 1 atom stereocenters. The molecular weight excluding hydrogens is 238 g/mol.